The van der Waals surface area contributed by atoms with Gasteiger partial charge in [-0.2, -0.15) is 0 Å². The Morgan fingerprint density at radius 2 is 1.52 bits per heavy atom. The molecule has 14 heteroatoms. The highest BCUT2D eigenvalue weighted by Gasteiger charge is 2.72. The van der Waals surface area contributed by atoms with Crippen LogP contribution in [0.3, 0.4) is 0 Å². The summed E-state index contributed by atoms with van der Waals surface area (Å²) in [5.41, 5.74) is 0.456. The predicted molar refractivity (Wildman–Crippen MR) is 196 cm³/mol. The third-order valence-corrected chi connectivity index (χ3v) is 17.6. The first-order valence-corrected chi connectivity index (χ1v) is 20.8. The molecule has 5 aliphatic carbocycles. The third-order valence-electron chi connectivity index (χ3n) is 17.6. The molecule has 0 amide bonds. The average molecular weight is 793 g/mol. The van der Waals surface area contributed by atoms with Gasteiger partial charge in [-0.05, 0) is 90.8 Å². The predicted octanol–water partition coefficient (Wildman–Crippen LogP) is 2.43. The van der Waals surface area contributed by atoms with Crippen molar-refractivity contribution in [3.63, 3.8) is 0 Å². The molecule has 3 saturated heterocycles. The van der Waals surface area contributed by atoms with E-state index in [0.29, 0.717) is 12.3 Å². The minimum Gasteiger partial charge on any atom is -0.479 e. The van der Waals surface area contributed by atoms with Crippen LogP contribution in [-0.4, -0.2) is 128 Å². The highest BCUT2D eigenvalue weighted by atomic mass is 16.8. The van der Waals surface area contributed by atoms with E-state index in [9.17, 15) is 45.3 Å². The fourth-order valence-corrected chi connectivity index (χ4v) is 14.0. The first-order chi connectivity index (χ1) is 26.1. The second-order valence-corrected chi connectivity index (χ2v) is 20.8. The lowest BCUT2D eigenvalue weighted by atomic mass is 9.33. The van der Waals surface area contributed by atoms with Gasteiger partial charge in [0.15, 0.2) is 18.7 Å². The molecule has 3 heterocycles. The van der Waals surface area contributed by atoms with Crippen molar-refractivity contribution in [2.75, 3.05) is 6.61 Å². The van der Waals surface area contributed by atoms with E-state index in [2.05, 4.69) is 54.5 Å². The summed E-state index contributed by atoms with van der Waals surface area (Å²) >= 11 is 0. The van der Waals surface area contributed by atoms with Gasteiger partial charge in [0.2, 0.25) is 0 Å². The van der Waals surface area contributed by atoms with E-state index in [-0.39, 0.29) is 45.6 Å². The van der Waals surface area contributed by atoms with E-state index >= 15 is 0 Å². The van der Waals surface area contributed by atoms with Gasteiger partial charge in [0.05, 0.1) is 18.1 Å². The van der Waals surface area contributed by atoms with Crippen LogP contribution in [0.1, 0.15) is 106 Å². The van der Waals surface area contributed by atoms with Crippen LogP contribution in [-0.2, 0) is 33.3 Å². The third kappa shape index (κ3) is 5.56. The highest BCUT2D eigenvalue weighted by Crippen LogP contribution is 2.76. The van der Waals surface area contributed by atoms with Gasteiger partial charge in [-0.15, -0.1) is 0 Å². The fourth-order valence-electron chi connectivity index (χ4n) is 14.0. The first kappa shape index (κ1) is 41.0. The molecule has 56 heavy (non-hydrogen) atoms. The molecule has 8 rings (SSSR count). The van der Waals surface area contributed by atoms with Crippen molar-refractivity contribution in [3.8, 4) is 0 Å². The molecule has 0 aromatic heterocycles. The Morgan fingerprint density at radius 1 is 0.804 bits per heavy atom. The van der Waals surface area contributed by atoms with Crippen LogP contribution in [0.2, 0.25) is 0 Å². The number of ether oxygens (including phenoxy) is 5. The Bertz CT molecular complexity index is 1610. The normalized spacial score (nSPS) is 54.4. The first-order valence-electron chi connectivity index (χ1n) is 20.8. The molecule has 1 spiro atoms. The molecule has 3 aliphatic heterocycles. The number of aliphatic carboxylic acids is 1. The summed E-state index contributed by atoms with van der Waals surface area (Å²) in [5, 5.41) is 73.1. The summed E-state index contributed by atoms with van der Waals surface area (Å²) in [5.74, 6) is -0.792. The smallest absolute Gasteiger partial charge is 0.335 e. The molecule has 19 atom stereocenters. The van der Waals surface area contributed by atoms with Gasteiger partial charge >= 0.3 is 11.9 Å². The lowest BCUT2D eigenvalue weighted by molar-refractivity contribution is -0.375. The lowest BCUT2D eigenvalue weighted by Crippen LogP contribution is -2.67. The Labute approximate surface area is 328 Å². The number of esters is 1. The number of hydrogen-bond donors (Lipinski definition) is 7. The van der Waals surface area contributed by atoms with Crippen molar-refractivity contribution in [1.82, 2.24) is 0 Å². The number of carboxylic acid groups (broad SMARTS) is 1. The zero-order valence-corrected chi connectivity index (χ0v) is 33.8. The number of carboxylic acids is 1. The summed E-state index contributed by atoms with van der Waals surface area (Å²) in [4.78, 5) is 25.4. The monoisotopic (exact) mass is 792 g/mol. The van der Waals surface area contributed by atoms with Crippen LogP contribution < -0.4 is 0 Å². The summed E-state index contributed by atoms with van der Waals surface area (Å²) in [6.45, 7) is 15.7. The lowest BCUT2D eigenvalue weighted by Gasteiger charge is -2.71. The van der Waals surface area contributed by atoms with Crippen LogP contribution in [0.4, 0.5) is 0 Å². The van der Waals surface area contributed by atoms with E-state index < -0.39 is 90.9 Å². The fraction of sp³-hybridized carbons (Fsp3) is 0.905. The maximum absolute atomic E-state index is 13.6. The van der Waals surface area contributed by atoms with Gasteiger partial charge < -0.3 is 59.4 Å². The molecule has 0 aromatic carbocycles. The van der Waals surface area contributed by atoms with Gasteiger partial charge in [-0.3, -0.25) is 4.79 Å². The Kier molecular flexibility index (Phi) is 9.81. The van der Waals surface area contributed by atoms with Crippen LogP contribution >= 0.6 is 0 Å². The molecule has 0 unspecified atom stereocenters. The Morgan fingerprint density at radius 3 is 2.20 bits per heavy atom. The summed E-state index contributed by atoms with van der Waals surface area (Å²) in [7, 11) is 0. The van der Waals surface area contributed by atoms with Crippen molar-refractivity contribution in [2.24, 2.45) is 50.2 Å². The highest BCUT2D eigenvalue weighted by molar-refractivity contribution is 5.81. The van der Waals surface area contributed by atoms with Gasteiger partial charge in [-0.1, -0.05) is 60.1 Å². The van der Waals surface area contributed by atoms with Crippen LogP contribution in [0.5, 0.6) is 0 Å². The van der Waals surface area contributed by atoms with E-state index in [1.807, 2.05) is 0 Å². The van der Waals surface area contributed by atoms with Gasteiger partial charge in [-0.25, -0.2) is 4.79 Å². The molecule has 4 saturated carbocycles. The summed E-state index contributed by atoms with van der Waals surface area (Å²) < 4.78 is 30.1. The average Bonchev–Trinajstić information content (AvgIpc) is 3.44. The molecule has 14 nitrogen and oxygen atoms in total. The number of rotatable bonds is 6. The number of aliphatic hydroxyl groups excluding tert-OH is 6. The van der Waals surface area contributed by atoms with Crippen LogP contribution in [0.25, 0.3) is 0 Å². The SMILES string of the molecule is CC1(C)C[C@@H]2C3=CC[C@@H]4[C@@]5(C)CC[C@H](O[C@@H]6O[C@H](CO)[C@@H](O)[C@H](O)[C@H]6O[C@@H]6O[C@H](C(=O)O)[C@@H](O)[C@H](O)[C@H]6O)C(C)(C)[C@@H]5CC[C@@]4(C)[C@]3(C)CC[C@@]23C[C@@H]1OC3=O. The zero-order chi connectivity index (χ0) is 40.7. The molecular weight excluding hydrogens is 728 g/mol. The molecule has 7 N–H and O–H groups in total. The standard InChI is InChI=1S/C42H64O14/c1-37(2)16-20-19-8-9-23-39(5)12-11-24(38(3,4)22(39)10-13-41(23,7)40(19,6)14-15-42(20)17-25(37)54-36(42)51)53-35-32(28(46)26(44)21(18-43)52-35)56-34-30(48)27(45)29(47)31(55-34)33(49)50/h8,20-32,34-35,43-48H,9-18H2,1-7H3,(H,49,50)/t20-,21-,22+,23-,24+,25+,26-,27+,28+,29+,30-,31+,32-,34+,35+,39+,40-,41-,42-/m1/s1. The number of allylic oxidation sites excluding steroid dienone is 2. The second kappa shape index (κ2) is 13.4. The number of aliphatic hydroxyl groups is 6. The summed E-state index contributed by atoms with van der Waals surface area (Å²) in [6, 6.07) is 0. The van der Waals surface area contributed by atoms with Gasteiger partial charge in [0, 0.05) is 11.8 Å². The topological polar surface area (TPSA) is 222 Å². The van der Waals surface area contributed by atoms with E-state index in [0.717, 1.165) is 51.4 Å². The second-order valence-electron chi connectivity index (χ2n) is 20.8. The number of carbonyl (C=O) groups is 2. The van der Waals surface area contributed by atoms with E-state index in [1.165, 1.54) is 5.57 Å². The van der Waals surface area contributed by atoms with Gasteiger partial charge in [0.1, 0.15) is 48.8 Å². The number of hydrogen-bond acceptors (Lipinski definition) is 13. The van der Waals surface area contributed by atoms with Crippen molar-refractivity contribution in [1.29, 1.82) is 0 Å². The minimum atomic E-state index is -1.95. The molecule has 7 fully saturated rings. The minimum absolute atomic E-state index is 0.00398. The maximum atomic E-state index is 13.6. The molecule has 8 aliphatic rings. The van der Waals surface area contributed by atoms with Crippen molar-refractivity contribution in [2.45, 2.75) is 180 Å². The van der Waals surface area contributed by atoms with E-state index in [1.54, 1.807) is 0 Å². The quantitative estimate of drug-likeness (QED) is 0.117. The van der Waals surface area contributed by atoms with Crippen molar-refractivity contribution >= 4 is 11.9 Å². The van der Waals surface area contributed by atoms with Gasteiger partial charge in [0.25, 0.3) is 0 Å². The van der Waals surface area contributed by atoms with Crippen LogP contribution in [0.15, 0.2) is 11.6 Å². The van der Waals surface area contributed by atoms with Crippen molar-refractivity contribution < 1.29 is 69.0 Å². The Balaban J connectivity index is 1.05. The molecule has 0 aromatic rings. The van der Waals surface area contributed by atoms with Crippen LogP contribution in [0, 0.1) is 50.2 Å². The van der Waals surface area contributed by atoms with E-state index in [4.69, 9.17) is 23.7 Å². The molecule has 2 bridgehead atoms. The molecule has 0 radical (unpaired) electrons. The van der Waals surface area contributed by atoms with Crippen molar-refractivity contribution in [3.05, 3.63) is 11.6 Å². The molecule has 316 valence electrons. The largest absolute Gasteiger partial charge is 0.479 e. The molecular formula is C42H64O14. The zero-order valence-electron chi connectivity index (χ0n) is 33.8. The maximum Gasteiger partial charge on any atom is 0.335 e. The summed E-state index contributed by atoms with van der Waals surface area (Å²) in [6.07, 6.45) is -6.98. The number of carbonyl (C=O) groups excluding carboxylic acids is 1. The number of fused-ring (bicyclic) bond motifs is 7. The Hall–Kier alpha value is -1.72.